The summed E-state index contributed by atoms with van der Waals surface area (Å²) in [5.41, 5.74) is 0. The van der Waals surface area contributed by atoms with Gasteiger partial charge in [-0.1, -0.05) is 33.6 Å². The van der Waals surface area contributed by atoms with Crippen molar-refractivity contribution >= 4 is 48.9 Å². The SMILES string of the molecule is O=S(=O)(NC(c1cccs1)C1CC1)c1ccc(Br)cc1Cl. The molecule has 1 unspecified atom stereocenters. The molecule has 1 atom stereocenters. The van der Waals surface area contributed by atoms with Crippen LogP contribution >= 0.6 is 38.9 Å². The normalized spacial score (nSPS) is 16.9. The van der Waals surface area contributed by atoms with Gasteiger partial charge in [-0.25, -0.2) is 13.1 Å². The van der Waals surface area contributed by atoms with E-state index in [4.69, 9.17) is 11.6 Å². The maximum atomic E-state index is 12.6. The highest BCUT2D eigenvalue weighted by Gasteiger charge is 2.36. The lowest BCUT2D eigenvalue weighted by atomic mass is 10.2. The molecule has 0 spiro atoms. The minimum atomic E-state index is -3.63. The van der Waals surface area contributed by atoms with Crippen molar-refractivity contribution in [3.63, 3.8) is 0 Å². The monoisotopic (exact) mass is 405 g/mol. The van der Waals surface area contributed by atoms with Crippen molar-refractivity contribution in [1.82, 2.24) is 4.72 Å². The van der Waals surface area contributed by atoms with Gasteiger partial charge in [0.2, 0.25) is 10.0 Å². The standard InChI is InChI=1S/C14H13BrClNO2S2/c15-10-5-6-13(11(16)8-10)21(18,19)17-14(9-3-4-9)12-2-1-7-20-12/h1-2,5-9,14,17H,3-4H2. The first kappa shape index (κ1) is 15.5. The van der Waals surface area contributed by atoms with E-state index < -0.39 is 10.0 Å². The van der Waals surface area contributed by atoms with Gasteiger partial charge in [0.05, 0.1) is 11.1 Å². The molecule has 3 rings (SSSR count). The minimum Gasteiger partial charge on any atom is -0.207 e. The lowest BCUT2D eigenvalue weighted by Crippen LogP contribution is -2.29. The second-order valence-corrected chi connectivity index (χ2v) is 9.01. The molecule has 1 aromatic carbocycles. The van der Waals surface area contributed by atoms with Crippen molar-refractivity contribution in [2.75, 3.05) is 0 Å². The number of thiophene rings is 1. The summed E-state index contributed by atoms with van der Waals surface area (Å²) in [6.07, 6.45) is 2.11. The Hall–Kier alpha value is -0.400. The first-order chi connectivity index (χ1) is 9.97. The van der Waals surface area contributed by atoms with Crippen LogP contribution in [0.4, 0.5) is 0 Å². The minimum absolute atomic E-state index is 0.120. The zero-order valence-corrected chi connectivity index (χ0v) is 14.9. The van der Waals surface area contributed by atoms with Crippen LogP contribution in [0, 0.1) is 5.92 Å². The molecule has 2 aromatic rings. The molecule has 0 radical (unpaired) electrons. The number of sulfonamides is 1. The fourth-order valence-electron chi connectivity index (χ4n) is 2.21. The molecule has 0 bridgehead atoms. The fraction of sp³-hybridized carbons (Fsp3) is 0.286. The molecule has 0 aliphatic heterocycles. The van der Waals surface area contributed by atoms with Crippen LogP contribution in [0.15, 0.2) is 45.1 Å². The van der Waals surface area contributed by atoms with Crippen LogP contribution in [0.5, 0.6) is 0 Å². The first-order valence-corrected chi connectivity index (χ1v) is 10.0. The number of hydrogen-bond acceptors (Lipinski definition) is 3. The molecule has 1 N–H and O–H groups in total. The highest BCUT2D eigenvalue weighted by molar-refractivity contribution is 9.10. The van der Waals surface area contributed by atoms with Crippen molar-refractivity contribution in [2.24, 2.45) is 5.92 Å². The van der Waals surface area contributed by atoms with Crippen LogP contribution in [0.3, 0.4) is 0 Å². The van der Waals surface area contributed by atoms with E-state index in [1.165, 1.54) is 6.07 Å². The molecule has 1 aliphatic carbocycles. The van der Waals surface area contributed by atoms with E-state index in [9.17, 15) is 8.42 Å². The van der Waals surface area contributed by atoms with E-state index in [1.807, 2.05) is 17.5 Å². The Labute approximate surface area is 141 Å². The van der Waals surface area contributed by atoms with E-state index in [0.717, 1.165) is 22.2 Å². The molecule has 0 amide bonds. The summed E-state index contributed by atoms with van der Waals surface area (Å²) >= 11 is 10.9. The van der Waals surface area contributed by atoms with Gasteiger partial charge in [-0.05, 0) is 48.4 Å². The van der Waals surface area contributed by atoms with Gasteiger partial charge in [0.25, 0.3) is 0 Å². The Bertz CT molecular complexity index is 742. The molecule has 1 saturated carbocycles. The third-order valence-electron chi connectivity index (χ3n) is 3.41. The molecule has 1 fully saturated rings. The lowest BCUT2D eigenvalue weighted by molar-refractivity contribution is 0.533. The predicted molar refractivity (Wildman–Crippen MR) is 89.3 cm³/mol. The smallest absolute Gasteiger partial charge is 0.207 e. The molecule has 21 heavy (non-hydrogen) atoms. The summed E-state index contributed by atoms with van der Waals surface area (Å²) in [6.45, 7) is 0. The summed E-state index contributed by atoms with van der Waals surface area (Å²) in [5, 5.41) is 2.18. The molecule has 1 heterocycles. The quantitative estimate of drug-likeness (QED) is 0.789. The van der Waals surface area contributed by atoms with Crippen LogP contribution < -0.4 is 4.72 Å². The Morgan fingerprint density at radius 3 is 2.67 bits per heavy atom. The summed E-state index contributed by atoms with van der Waals surface area (Å²) in [6, 6.07) is 8.54. The third kappa shape index (κ3) is 3.51. The first-order valence-electron chi connectivity index (χ1n) is 6.48. The van der Waals surface area contributed by atoms with Crippen molar-refractivity contribution in [1.29, 1.82) is 0 Å². The molecule has 0 saturated heterocycles. The topological polar surface area (TPSA) is 46.2 Å². The summed E-state index contributed by atoms with van der Waals surface area (Å²) in [5.74, 6) is 0.382. The van der Waals surface area contributed by atoms with Gasteiger partial charge in [-0.15, -0.1) is 11.3 Å². The van der Waals surface area contributed by atoms with Gasteiger partial charge in [0.1, 0.15) is 4.90 Å². The van der Waals surface area contributed by atoms with Crippen molar-refractivity contribution in [3.8, 4) is 0 Å². The second-order valence-electron chi connectivity index (χ2n) is 5.03. The Morgan fingerprint density at radius 1 is 1.33 bits per heavy atom. The van der Waals surface area contributed by atoms with E-state index >= 15 is 0 Å². The van der Waals surface area contributed by atoms with E-state index in [-0.39, 0.29) is 16.0 Å². The van der Waals surface area contributed by atoms with Gasteiger partial charge in [0.15, 0.2) is 0 Å². The van der Waals surface area contributed by atoms with Gasteiger partial charge >= 0.3 is 0 Å². The maximum absolute atomic E-state index is 12.6. The summed E-state index contributed by atoms with van der Waals surface area (Å²) in [7, 11) is -3.63. The molecule has 7 heteroatoms. The molecular formula is C14H13BrClNO2S2. The molecule has 3 nitrogen and oxygen atoms in total. The van der Waals surface area contributed by atoms with E-state index in [2.05, 4.69) is 20.7 Å². The van der Waals surface area contributed by atoms with Crippen molar-refractivity contribution < 1.29 is 8.42 Å². The Kier molecular flexibility index (Phi) is 4.43. The number of nitrogens with one attached hydrogen (secondary N) is 1. The van der Waals surface area contributed by atoms with Crippen molar-refractivity contribution in [2.45, 2.75) is 23.8 Å². The fourth-order valence-corrected chi connectivity index (χ4v) is 5.47. The van der Waals surface area contributed by atoms with Crippen molar-refractivity contribution in [3.05, 3.63) is 50.1 Å². The summed E-state index contributed by atoms with van der Waals surface area (Å²) in [4.78, 5) is 1.17. The largest absolute Gasteiger partial charge is 0.242 e. The van der Waals surface area contributed by atoms with Gasteiger partial charge < -0.3 is 0 Å². The van der Waals surface area contributed by atoms with E-state index in [0.29, 0.717) is 5.92 Å². The average Bonchev–Trinajstić information content (AvgIpc) is 3.10. The van der Waals surface area contributed by atoms with Gasteiger partial charge in [-0.2, -0.15) is 0 Å². The van der Waals surface area contributed by atoms with Gasteiger partial charge in [-0.3, -0.25) is 0 Å². The van der Waals surface area contributed by atoms with Gasteiger partial charge in [0, 0.05) is 9.35 Å². The molecule has 1 aliphatic rings. The Balaban J connectivity index is 1.91. The highest BCUT2D eigenvalue weighted by Crippen LogP contribution is 2.43. The van der Waals surface area contributed by atoms with Crippen LogP contribution in [0.1, 0.15) is 23.8 Å². The zero-order valence-electron chi connectivity index (χ0n) is 10.9. The second kappa shape index (κ2) is 6.01. The lowest BCUT2D eigenvalue weighted by Gasteiger charge is -2.17. The van der Waals surface area contributed by atoms with E-state index in [1.54, 1.807) is 23.5 Å². The maximum Gasteiger partial charge on any atom is 0.242 e. The van der Waals surface area contributed by atoms with Crippen LogP contribution in [0.25, 0.3) is 0 Å². The predicted octanol–water partition coefficient (Wildman–Crippen LogP) is 4.59. The number of hydrogen-bond donors (Lipinski definition) is 1. The Morgan fingerprint density at radius 2 is 2.10 bits per heavy atom. The number of halogens is 2. The summed E-state index contributed by atoms with van der Waals surface area (Å²) < 4.78 is 28.8. The third-order valence-corrected chi connectivity index (χ3v) is 6.78. The molecule has 112 valence electrons. The number of benzene rings is 1. The highest BCUT2D eigenvalue weighted by atomic mass is 79.9. The van der Waals surface area contributed by atoms with Crippen LogP contribution in [-0.2, 0) is 10.0 Å². The zero-order chi connectivity index (χ0) is 15.0. The van der Waals surface area contributed by atoms with Crippen LogP contribution in [0.2, 0.25) is 5.02 Å². The average molecular weight is 407 g/mol. The van der Waals surface area contributed by atoms with Crippen LogP contribution in [-0.4, -0.2) is 8.42 Å². The molecule has 1 aromatic heterocycles. The molecular weight excluding hydrogens is 394 g/mol. The number of rotatable bonds is 5.